The van der Waals surface area contributed by atoms with Crippen molar-refractivity contribution < 1.29 is 22.3 Å². The molecule has 0 fully saturated rings. The molecular weight excluding hydrogens is 375 g/mol. The van der Waals surface area contributed by atoms with Gasteiger partial charge in [0.25, 0.3) is 0 Å². The number of amidine groups is 1. The fourth-order valence-corrected chi connectivity index (χ4v) is 4.48. The number of nitrogens with two attached hydrogens (primary N) is 1. The number of hydrogen-bond donors (Lipinski definition) is 2. The van der Waals surface area contributed by atoms with Gasteiger partial charge in [-0.1, -0.05) is 0 Å². The van der Waals surface area contributed by atoms with Crippen molar-refractivity contribution in [3.05, 3.63) is 29.6 Å². The molecule has 0 bridgehead atoms. The van der Waals surface area contributed by atoms with Crippen molar-refractivity contribution in [3.63, 3.8) is 0 Å². The van der Waals surface area contributed by atoms with Crippen molar-refractivity contribution in [1.29, 1.82) is 0 Å². The van der Waals surface area contributed by atoms with Gasteiger partial charge in [0.2, 0.25) is 15.9 Å². The molecule has 3 N–H and O–H groups in total. The molecule has 1 aromatic carbocycles. The Kier molecular flexibility index (Phi) is 5.65. The number of sulfonamides is 1. The number of likely N-dealkylation sites (N-methyl/N-ethyl adjacent to an activating group) is 1. The van der Waals surface area contributed by atoms with Gasteiger partial charge < -0.3 is 15.8 Å². The second-order valence-corrected chi connectivity index (χ2v) is 9.81. The van der Waals surface area contributed by atoms with Crippen LogP contribution in [0.2, 0.25) is 0 Å². The summed E-state index contributed by atoms with van der Waals surface area (Å²) in [6.45, 7) is 4.27. The highest BCUT2D eigenvalue weighted by molar-refractivity contribution is 7.91. The molecule has 1 heterocycles. The Balaban J connectivity index is 2.56. The first-order chi connectivity index (χ1) is 12.3. The van der Waals surface area contributed by atoms with Gasteiger partial charge in [0.15, 0.2) is 0 Å². The SMILES string of the molecule is COCC(=O)Nc1ccc(F)c(C2(C)CN(C)S(=O)(=O)C(C)(C)C(N)=N2)c1. The molecule has 150 valence electrons. The largest absolute Gasteiger partial charge is 0.386 e. The molecule has 10 heteroatoms. The van der Waals surface area contributed by atoms with Crippen LogP contribution in [0.3, 0.4) is 0 Å². The maximum absolute atomic E-state index is 14.6. The first-order valence-electron chi connectivity index (χ1n) is 8.25. The molecular formula is C17H25FN4O4S. The molecule has 0 spiro atoms. The van der Waals surface area contributed by atoms with Gasteiger partial charge in [-0.2, -0.15) is 0 Å². The average molecular weight is 400 g/mol. The van der Waals surface area contributed by atoms with Crippen LogP contribution in [0.1, 0.15) is 26.3 Å². The van der Waals surface area contributed by atoms with Crippen LogP contribution in [-0.4, -0.2) is 56.5 Å². The molecule has 0 saturated heterocycles. The summed E-state index contributed by atoms with van der Waals surface area (Å²) in [6.07, 6.45) is 0. The molecule has 1 atom stereocenters. The lowest BCUT2D eigenvalue weighted by atomic mass is 9.91. The molecule has 1 amide bonds. The topological polar surface area (TPSA) is 114 Å². The highest BCUT2D eigenvalue weighted by atomic mass is 32.2. The van der Waals surface area contributed by atoms with Crippen LogP contribution in [0, 0.1) is 5.82 Å². The lowest BCUT2D eigenvalue weighted by Crippen LogP contribution is -2.50. The number of nitrogens with zero attached hydrogens (tertiary/aromatic N) is 2. The van der Waals surface area contributed by atoms with Gasteiger partial charge in [0.1, 0.15) is 28.5 Å². The van der Waals surface area contributed by atoms with Crippen LogP contribution in [0.5, 0.6) is 0 Å². The summed E-state index contributed by atoms with van der Waals surface area (Å²) in [7, 11) is -0.990. The molecule has 8 nitrogen and oxygen atoms in total. The molecule has 27 heavy (non-hydrogen) atoms. The van der Waals surface area contributed by atoms with E-state index in [0.29, 0.717) is 5.69 Å². The Bertz CT molecular complexity index is 885. The third-order valence-electron chi connectivity index (χ3n) is 4.68. The zero-order valence-corrected chi connectivity index (χ0v) is 16.9. The smallest absolute Gasteiger partial charge is 0.250 e. The summed E-state index contributed by atoms with van der Waals surface area (Å²) in [5.74, 6) is -1.09. The molecule has 2 rings (SSSR count). The van der Waals surface area contributed by atoms with Crippen molar-refractivity contribution in [3.8, 4) is 0 Å². The van der Waals surface area contributed by atoms with Gasteiger partial charge >= 0.3 is 0 Å². The number of benzene rings is 1. The van der Waals surface area contributed by atoms with E-state index in [4.69, 9.17) is 10.5 Å². The number of methoxy groups -OCH3 is 1. The van der Waals surface area contributed by atoms with E-state index in [2.05, 4.69) is 10.3 Å². The van der Waals surface area contributed by atoms with E-state index in [0.717, 1.165) is 4.31 Å². The predicted molar refractivity (Wildman–Crippen MR) is 102 cm³/mol. The second-order valence-electron chi connectivity index (χ2n) is 7.22. The number of amides is 1. The number of ether oxygens (including phenoxy) is 1. The van der Waals surface area contributed by atoms with Gasteiger partial charge in [-0.15, -0.1) is 0 Å². The van der Waals surface area contributed by atoms with Gasteiger partial charge in [-0.3, -0.25) is 9.79 Å². The van der Waals surface area contributed by atoms with E-state index in [9.17, 15) is 17.6 Å². The Morgan fingerprint density at radius 3 is 2.63 bits per heavy atom. The van der Waals surface area contributed by atoms with Gasteiger partial charge in [0, 0.05) is 32.0 Å². The minimum absolute atomic E-state index is 0.105. The van der Waals surface area contributed by atoms with Gasteiger partial charge in [-0.05, 0) is 39.0 Å². The maximum atomic E-state index is 14.6. The van der Waals surface area contributed by atoms with Crippen molar-refractivity contribution in [2.45, 2.75) is 31.1 Å². The summed E-state index contributed by atoms with van der Waals surface area (Å²) >= 11 is 0. The number of anilines is 1. The molecule has 0 radical (unpaired) electrons. The van der Waals surface area contributed by atoms with Gasteiger partial charge in [-0.25, -0.2) is 17.1 Å². The summed E-state index contributed by atoms with van der Waals surface area (Å²) in [5.41, 5.74) is 5.21. The van der Waals surface area contributed by atoms with E-state index in [1.807, 2.05) is 0 Å². The summed E-state index contributed by atoms with van der Waals surface area (Å²) < 4.78 is 44.6. The highest BCUT2D eigenvalue weighted by Crippen LogP contribution is 2.36. The molecule has 1 aromatic rings. The van der Waals surface area contributed by atoms with Crippen LogP contribution in [0.25, 0.3) is 0 Å². The predicted octanol–water partition coefficient (Wildman–Crippen LogP) is 1.04. The van der Waals surface area contributed by atoms with E-state index >= 15 is 0 Å². The van der Waals surface area contributed by atoms with Crippen LogP contribution in [0.15, 0.2) is 23.2 Å². The van der Waals surface area contributed by atoms with Crippen molar-refractivity contribution in [1.82, 2.24) is 4.31 Å². The average Bonchev–Trinajstić information content (AvgIpc) is 2.59. The third kappa shape index (κ3) is 3.83. The zero-order chi connectivity index (χ0) is 20.6. The number of rotatable bonds is 4. The number of halogens is 1. The van der Waals surface area contributed by atoms with Crippen LogP contribution >= 0.6 is 0 Å². The van der Waals surface area contributed by atoms with Gasteiger partial charge in [0.05, 0.1) is 0 Å². The van der Waals surface area contributed by atoms with Crippen molar-refractivity contribution in [2.24, 2.45) is 10.7 Å². The quantitative estimate of drug-likeness (QED) is 0.784. The summed E-state index contributed by atoms with van der Waals surface area (Å²) in [4.78, 5) is 16.1. The third-order valence-corrected chi connectivity index (χ3v) is 7.12. The van der Waals surface area contributed by atoms with E-state index < -0.39 is 32.0 Å². The molecule has 1 aliphatic rings. The Labute approximate surface area is 158 Å². The normalized spacial score (nSPS) is 24.7. The first kappa shape index (κ1) is 21.3. The standard InChI is InChI=1S/C17H25FN4O4S/c1-16(2)15(19)21-17(3,10-22(4)27(16,24)25)12-8-11(6-7-13(12)18)20-14(23)9-26-5/h6-8H,9-10H2,1-5H3,(H2,19,21)(H,20,23). The monoisotopic (exact) mass is 400 g/mol. The van der Waals surface area contributed by atoms with Crippen LogP contribution < -0.4 is 11.1 Å². The highest BCUT2D eigenvalue weighted by Gasteiger charge is 2.48. The van der Waals surface area contributed by atoms with Crippen LogP contribution in [0.4, 0.5) is 10.1 Å². The second kappa shape index (κ2) is 7.17. The number of hydrogen-bond acceptors (Lipinski definition) is 6. The molecule has 1 unspecified atom stereocenters. The minimum atomic E-state index is -3.78. The molecule has 0 aliphatic carbocycles. The molecule has 0 aromatic heterocycles. The lowest BCUT2D eigenvalue weighted by Gasteiger charge is -2.29. The first-order valence-corrected chi connectivity index (χ1v) is 9.69. The van der Waals surface area contributed by atoms with E-state index in [1.54, 1.807) is 6.92 Å². The zero-order valence-electron chi connectivity index (χ0n) is 16.0. The Hall–Kier alpha value is -2.04. The number of aliphatic imine (C=N–C) groups is 1. The number of carbonyl (C=O) groups is 1. The van der Waals surface area contributed by atoms with Crippen LogP contribution in [-0.2, 0) is 25.1 Å². The van der Waals surface area contributed by atoms with E-state index in [-0.39, 0.29) is 24.6 Å². The summed E-state index contributed by atoms with van der Waals surface area (Å²) in [6, 6.07) is 4.03. The van der Waals surface area contributed by atoms with Crippen molar-refractivity contribution >= 4 is 27.5 Å². The number of nitrogens with one attached hydrogen (secondary N) is 1. The van der Waals surface area contributed by atoms with E-state index in [1.165, 1.54) is 46.2 Å². The molecule has 0 saturated carbocycles. The Morgan fingerprint density at radius 1 is 1.41 bits per heavy atom. The van der Waals surface area contributed by atoms with Crippen molar-refractivity contribution in [2.75, 3.05) is 32.6 Å². The summed E-state index contributed by atoms with van der Waals surface area (Å²) in [5, 5.41) is 2.60. The molecule has 1 aliphatic heterocycles. The fourth-order valence-electron chi connectivity index (χ4n) is 2.97. The minimum Gasteiger partial charge on any atom is -0.386 e. The maximum Gasteiger partial charge on any atom is 0.250 e. The number of carbonyl (C=O) groups excluding carboxylic acids is 1. The lowest BCUT2D eigenvalue weighted by molar-refractivity contribution is -0.119. The fraction of sp³-hybridized carbons (Fsp3) is 0.529. The Morgan fingerprint density at radius 2 is 2.04 bits per heavy atom.